The SMILES string of the molecule is CCCCC(CC)CNC(=O)/C(C#N)=C/c1ccccc1OC. The summed E-state index contributed by atoms with van der Waals surface area (Å²) < 4.78 is 5.24. The van der Waals surface area contributed by atoms with Crippen LogP contribution in [0.15, 0.2) is 29.8 Å². The molecule has 124 valence electrons. The van der Waals surface area contributed by atoms with E-state index in [1.165, 1.54) is 0 Å². The Bertz CT molecular complexity index is 573. The van der Waals surface area contributed by atoms with E-state index in [1.54, 1.807) is 19.3 Å². The first-order chi connectivity index (χ1) is 11.2. The lowest BCUT2D eigenvalue weighted by atomic mass is 9.99. The monoisotopic (exact) mass is 314 g/mol. The third-order valence-electron chi connectivity index (χ3n) is 3.90. The van der Waals surface area contributed by atoms with E-state index in [4.69, 9.17) is 4.74 Å². The number of hydrogen-bond acceptors (Lipinski definition) is 3. The minimum absolute atomic E-state index is 0.0971. The summed E-state index contributed by atoms with van der Waals surface area (Å²) in [6.07, 6.45) is 6.02. The number of carbonyl (C=O) groups excluding carboxylic acids is 1. The summed E-state index contributed by atoms with van der Waals surface area (Å²) in [5.41, 5.74) is 0.819. The largest absolute Gasteiger partial charge is 0.496 e. The number of nitriles is 1. The molecule has 0 heterocycles. The molecule has 4 nitrogen and oxygen atoms in total. The summed E-state index contributed by atoms with van der Waals surface area (Å²) in [6.45, 7) is 4.90. The van der Waals surface area contributed by atoms with E-state index in [0.717, 1.165) is 31.2 Å². The first-order valence-corrected chi connectivity index (χ1v) is 8.19. The molecule has 0 aliphatic heterocycles. The molecule has 23 heavy (non-hydrogen) atoms. The average Bonchev–Trinajstić information content (AvgIpc) is 2.59. The van der Waals surface area contributed by atoms with E-state index in [0.29, 0.717) is 18.2 Å². The Morgan fingerprint density at radius 1 is 1.39 bits per heavy atom. The van der Waals surface area contributed by atoms with E-state index >= 15 is 0 Å². The van der Waals surface area contributed by atoms with Crippen LogP contribution >= 0.6 is 0 Å². The molecule has 4 heteroatoms. The van der Waals surface area contributed by atoms with E-state index in [9.17, 15) is 10.1 Å². The third kappa shape index (κ3) is 6.15. The van der Waals surface area contributed by atoms with Crippen LogP contribution in [-0.4, -0.2) is 19.6 Å². The second-order valence-corrected chi connectivity index (χ2v) is 5.54. The zero-order valence-corrected chi connectivity index (χ0v) is 14.3. The fourth-order valence-electron chi connectivity index (χ4n) is 2.37. The summed E-state index contributed by atoms with van der Waals surface area (Å²) >= 11 is 0. The molecule has 0 radical (unpaired) electrons. The summed E-state index contributed by atoms with van der Waals surface area (Å²) in [5.74, 6) is 0.779. The van der Waals surface area contributed by atoms with Gasteiger partial charge in [-0.2, -0.15) is 5.26 Å². The first-order valence-electron chi connectivity index (χ1n) is 8.19. The van der Waals surface area contributed by atoms with Gasteiger partial charge in [0.1, 0.15) is 17.4 Å². The molecule has 1 rings (SSSR count). The molecule has 0 saturated carbocycles. The van der Waals surface area contributed by atoms with Gasteiger partial charge in [-0.15, -0.1) is 0 Å². The van der Waals surface area contributed by atoms with Crippen LogP contribution in [0, 0.1) is 17.2 Å². The summed E-state index contributed by atoms with van der Waals surface area (Å²) in [7, 11) is 1.57. The number of para-hydroxylation sites is 1. The van der Waals surface area contributed by atoms with Gasteiger partial charge in [0, 0.05) is 12.1 Å². The Kier molecular flexibility index (Phi) is 8.52. The van der Waals surface area contributed by atoms with Gasteiger partial charge in [0.2, 0.25) is 0 Å². The van der Waals surface area contributed by atoms with E-state index in [2.05, 4.69) is 19.2 Å². The predicted octanol–water partition coefficient (Wildman–Crippen LogP) is 3.93. The topological polar surface area (TPSA) is 62.1 Å². The predicted molar refractivity (Wildman–Crippen MR) is 92.9 cm³/mol. The number of amides is 1. The van der Waals surface area contributed by atoms with Gasteiger partial charge in [0.15, 0.2) is 0 Å². The van der Waals surface area contributed by atoms with Crippen LogP contribution in [0.3, 0.4) is 0 Å². The zero-order chi connectivity index (χ0) is 17.1. The van der Waals surface area contributed by atoms with Gasteiger partial charge in [-0.05, 0) is 24.5 Å². The van der Waals surface area contributed by atoms with Crippen LogP contribution in [-0.2, 0) is 4.79 Å². The second kappa shape index (κ2) is 10.4. The molecule has 1 aromatic carbocycles. The maximum atomic E-state index is 12.2. The maximum Gasteiger partial charge on any atom is 0.261 e. The van der Waals surface area contributed by atoms with Crippen LogP contribution in [0.25, 0.3) is 6.08 Å². The number of benzene rings is 1. The molecular formula is C19H26N2O2. The molecule has 0 aromatic heterocycles. The Morgan fingerprint density at radius 3 is 2.74 bits per heavy atom. The van der Waals surface area contributed by atoms with Crippen molar-refractivity contribution < 1.29 is 9.53 Å². The highest BCUT2D eigenvalue weighted by atomic mass is 16.5. The molecular weight excluding hydrogens is 288 g/mol. The number of nitrogens with one attached hydrogen (secondary N) is 1. The number of methoxy groups -OCH3 is 1. The quantitative estimate of drug-likeness (QED) is 0.555. The van der Waals surface area contributed by atoms with Crippen molar-refractivity contribution in [1.29, 1.82) is 5.26 Å². The van der Waals surface area contributed by atoms with Crippen molar-refractivity contribution in [2.75, 3.05) is 13.7 Å². The van der Waals surface area contributed by atoms with Gasteiger partial charge in [0.05, 0.1) is 7.11 Å². The van der Waals surface area contributed by atoms with Crippen molar-refractivity contribution in [3.05, 3.63) is 35.4 Å². The smallest absolute Gasteiger partial charge is 0.261 e. The molecule has 0 saturated heterocycles. The van der Waals surface area contributed by atoms with Crippen molar-refractivity contribution in [2.24, 2.45) is 5.92 Å². The van der Waals surface area contributed by atoms with Crippen LogP contribution in [0.5, 0.6) is 5.75 Å². The Labute approximate surface area is 139 Å². The van der Waals surface area contributed by atoms with Gasteiger partial charge >= 0.3 is 0 Å². The normalized spacial score (nSPS) is 12.3. The summed E-state index contributed by atoms with van der Waals surface area (Å²) in [6, 6.07) is 9.30. The summed E-state index contributed by atoms with van der Waals surface area (Å²) in [5, 5.41) is 12.1. The lowest BCUT2D eigenvalue weighted by Crippen LogP contribution is -2.30. The Hall–Kier alpha value is -2.28. The second-order valence-electron chi connectivity index (χ2n) is 5.54. The third-order valence-corrected chi connectivity index (χ3v) is 3.90. The van der Waals surface area contributed by atoms with Gasteiger partial charge in [-0.25, -0.2) is 0 Å². The number of carbonyl (C=O) groups is 1. The van der Waals surface area contributed by atoms with Gasteiger partial charge in [-0.3, -0.25) is 4.79 Å². The first kappa shape index (κ1) is 18.8. The van der Waals surface area contributed by atoms with Crippen molar-refractivity contribution in [3.8, 4) is 11.8 Å². The molecule has 1 atom stereocenters. The standard InChI is InChI=1S/C19H26N2O2/c1-4-6-9-15(5-2)14-21-19(22)17(13-20)12-16-10-7-8-11-18(16)23-3/h7-8,10-12,15H,4-6,9,14H2,1-3H3,(H,21,22)/b17-12+. The van der Waals surface area contributed by atoms with Crippen LogP contribution in [0.2, 0.25) is 0 Å². The zero-order valence-electron chi connectivity index (χ0n) is 14.3. The molecule has 0 fully saturated rings. The lowest BCUT2D eigenvalue weighted by molar-refractivity contribution is -0.117. The minimum Gasteiger partial charge on any atom is -0.496 e. The Morgan fingerprint density at radius 2 is 2.13 bits per heavy atom. The molecule has 1 unspecified atom stereocenters. The van der Waals surface area contributed by atoms with Crippen molar-refractivity contribution in [2.45, 2.75) is 39.5 Å². The van der Waals surface area contributed by atoms with Crippen LogP contribution in [0.4, 0.5) is 0 Å². The van der Waals surface area contributed by atoms with E-state index in [-0.39, 0.29) is 11.5 Å². The van der Waals surface area contributed by atoms with Gasteiger partial charge in [-0.1, -0.05) is 51.3 Å². The minimum atomic E-state index is -0.326. The van der Waals surface area contributed by atoms with Crippen molar-refractivity contribution in [1.82, 2.24) is 5.32 Å². The highest BCUT2D eigenvalue weighted by Crippen LogP contribution is 2.20. The molecule has 1 amide bonds. The number of rotatable bonds is 9. The fraction of sp³-hybridized carbons (Fsp3) is 0.474. The Balaban J connectivity index is 2.75. The van der Waals surface area contributed by atoms with Crippen LogP contribution in [0.1, 0.15) is 45.1 Å². The highest BCUT2D eigenvalue weighted by Gasteiger charge is 2.13. The summed E-state index contributed by atoms with van der Waals surface area (Å²) in [4.78, 5) is 12.2. The van der Waals surface area contributed by atoms with E-state index < -0.39 is 0 Å². The van der Waals surface area contributed by atoms with Crippen molar-refractivity contribution >= 4 is 12.0 Å². The highest BCUT2D eigenvalue weighted by molar-refractivity contribution is 6.01. The average molecular weight is 314 g/mol. The number of unbranched alkanes of at least 4 members (excludes halogenated alkanes) is 1. The molecule has 0 spiro atoms. The number of nitrogens with zero attached hydrogens (tertiary/aromatic N) is 1. The lowest BCUT2D eigenvalue weighted by Gasteiger charge is -2.15. The molecule has 1 N–H and O–H groups in total. The number of ether oxygens (including phenoxy) is 1. The molecule has 0 aliphatic rings. The van der Waals surface area contributed by atoms with Gasteiger partial charge < -0.3 is 10.1 Å². The molecule has 1 aromatic rings. The fourth-order valence-corrected chi connectivity index (χ4v) is 2.37. The van der Waals surface area contributed by atoms with Gasteiger partial charge in [0.25, 0.3) is 5.91 Å². The maximum absolute atomic E-state index is 12.2. The molecule has 0 bridgehead atoms. The van der Waals surface area contributed by atoms with Crippen molar-refractivity contribution in [3.63, 3.8) is 0 Å². The van der Waals surface area contributed by atoms with Crippen LogP contribution < -0.4 is 10.1 Å². The molecule has 0 aliphatic carbocycles. The van der Waals surface area contributed by atoms with E-state index in [1.807, 2.05) is 24.3 Å². The number of hydrogen-bond donors (Lipinski definition) is 1.